The van der Waals surface area contributed by atoms with E-state index in [0.29, 0.717) is 12.1 Å². The highest BCUT2D eigenvalue weighted by atomic mass is 79.9. The molecule has 2 N–H and O–H groups in total. The Labute approximate surface area is 156 Å². The molecule has 0 aliphatic carbocycles. The fourth-order valence-corrected chi connectivity index (χ4v) is 3.58. The quantitative estimate of drug-likeness (QED) is 0.680. The van der Waals surface area contributed by atoms with Crippen LogP contribution in [0.3, 0.4) is 0 Å². The van der Waals surface area contributed by atoms with Crippen LogP contribution in [0.25, 0.3) is 10.8 Å². The summed E-state index contributed by atoms with van der Waals surface area (Å²) >= 11 is 3.44. The first kappa shape index (κ1) is 17.6. The lowest BCUT2D eigenvalue weighted by atomic mass is 9.98. The predicted molar refractivity (Wildman–Crippen MR) is 106 cm³/mol. The van der Waals surface area contributed by atoms with Crippen molar-refractivity contribution in [1.29, 1.82) is 0 Å². The lowest BCUT2D eigenvalue weighted by molar-refractivity contribution is -0.890. The number of quaternary nitrogens is 1. The highest BCUT2D eigenvalue weighted by Crippen LogP contribution is 2.23. The summed E-state index contributed by atoms with van der Waals surface area (Å²) in [6.45, 7) is 0.580. The molecule has 0 unspecified atom stereocenters. The van der Waals surface area contributed by atoms with E-state index in [9.17, 15) is 4.79 Å². The number of halogens is 1. The molecule has 1 amide bonds. The van der Waals surface area contributed by atoms with Crippen LogP contribution in [0.15, 0.2) is 71.2 Å². The molecule has 3 rings (SSSR count). The number of benzene rings is 3. The Balaban J connectivity index is 1.85. The molecule has 0 saturated heterocycles. The Kier molecular flexibility index (Phi) is 5.51. The summed E-state index contributed by atoms with van der Waals surface area (Å²) in [5.41, 5.74) is 1.92. The molecular weight excluding hydrogens is 376 g/mol. The smallest absolute Gasteiger partial charge is 0.252 e. The number of nitrogens with one attached hydrogen (secondary N) is 2. The molecule has 4 heteroatoms. The molecule has 3 aromatic carbocycles. The van der Waals surface area contributed by atoms with E-state index in [0.717, 1.165) is 4.47 Å². The van der Waals surface area contributed by atoms with Gasteiger partial charge in [0.05, 0.1) is 26.2 Å². The third-order valence-corrected chi connectivity index (χ3v) is 5.17. The van der Waals surface area contributed by atoms with Crippen molar-refractivity contribution in [3.05, 3.63) is 82.3 Å². The fourth-order valence-electron chi connectivity index (χ4n) is 3.11. The molecule has 128 valence electrons. The maximum absolute atomic E-state index is 12.5. The molecule has 0 aliphatic rings. The van der Waals surface area contributed by atoms with Gasteiger partial charge in [-0.2, -0.15) is 0 Å². The second kappa shape index (κ2) is 7.81. The summed E-state index contributed by atoms with van der Waals surface area (Å²) in [4.78, 5) is 13.8. The van der Waals surface area contributed by atoms with Gasteiger partial charge in [-0.25, -0.2) is 0 Å². The topological polar surface area (TPSA) is 33.5 Å². The number of rotatable bonds is 5. The van der Waals surface area contributed by atoms with Crippen molar-refractivity contribution >= 4 is 32.6 Å². The maximum atomic E-state index is 12.5. The van der Waals surface area contributed by atoms with Crippen LogP contribution in [0.5, 0.6) is 0 Å². The van der Waals surface area contributed by atoms with Gasteiger partial charge in [-0.15, -0.1) is 0 Å². The van der Waals surface area contributed by atoms with Crippen molar-refractivity contribution in [2.75, 3.05) is 20.6 Å². The minimum absolute atomic E-state index is 0.0565. The van der Waals surface area contributed by atoms with Crippen LogP contribution in [-0.4, -0.2) is 26.5 Å². The van der Waals surface area contributed by atoms with Gasteiger partial charge in [0.2, 0.25) is 0 Å². The Morgan fingerprint density at radius 2 is 1.68 bits per heavy atom. The number of amides is 1. The normalized spacial score (nSPS) is 12.3. The zero-order chi connectivity index (χ0) is 17.8. The Bertz CT molecular complexity index is 886. The van der Waals surface area contributed by atoms with Gasteiger partial charge in [-0.05, 0) is 38.8 Å². The van der Waals surface area contributed by atoms with E-state index in [4.69, 9.17) is 0 Å². The fraction of sp³-hybridized carbons (Fsp3) is 0.190. The highest BCUT2D eigenvalue weighted by molar-refractivity contribution is 9.10. The average Bonchev–Trinajstić information content (AvgIpc) is 2.62. The second-order valence-corrected chi connectivity index (χ2v) is 7.24. The largest absolute Gasteiger partial charge is 0.346 e. The predicted octanol–water partition coefficient (Wildman–Crippen LogP) is 3.22. The van der Waals surface area contributed by atoms with Crippen LogP contribution >= 0.6 is 15.9 Å². The van der Waals surface area contributed by atoms with Crippen molar-refractivity contribution in [3.63, 3.8) is 0 Å². The summed E-state index contributed by atoms with van der Waals surface area (Å²) < 4.78 is 0.811. The number of likely N-dealkylation sites (N-methyl/N-ethyl adjacent to an activating group) is 1. The molecule has 0 aromatic heterocycles. The number of carbonyl (C=O) groups is 1. The van der Waals surface area contributed by atoms with Crippen molar-refractivity contribution < 1.29 is 9.69 Å². The van der Waals surface area contributed by atoms with Crippen molar-refractivity contribution in [2.45, 2.75) is 6.04 Å². The number of hydrogen-bond donors (Lipinski definition) is 2. The Morgan fingerprint density at radius 1 is 1.00 bits per heavy atom. The SMILES string of the molecule is C[NH+](C)[C@H](CNC(=O)c1ccccc1Br)c1cccc2ccccc12. The van der Waals surface area contributed by atoms with Crippen molar-refractivity contribution in [2.24, 2.45) is 0 Å². The van der Waals surface area contributed by atoms with Gasteiger partial charge >= 0.3 is 0 Å². The Morgan fingerprint density at radius 3 is 2.44 bits per heavy atom. The van der Waals surface area contributed by atoms with E-state index < -0.39 is 0 Å². The third-order valence-electron chi connectivity index (χ3n) is 4.48. The number of hydrogen-bond acceptors (Lipinski definition) is 1. The van der Waals surface area contributed by atoms with Gasteiger partial charge in [-0.1, -0.05) is 54.6 Å². The third kappa shape index (κ3) is 3.91. The molecule has 3 aromatic rings. The summed E-state index contributed by atoms with van der Waals surface area (Å²) in [6.07, 6.45) is 0. The monoisotopic (exact) mass is 397 g/mol. The molecule has 0 aliphatic heterocycles. The van der Waals surface area contributed by atoms with Crippen molar-refractivity contribution in [1.82, 2.24) is 5.32 Å². The number of carbonyl (C=O) groups excluding carboxylic acids is 1. The van der Waals surface area contributed by atoms with E-state index in [2.05, 4.69) is 77.8 Å². The molecular formula is C21H22BrN2O+. The van der Waals surface area contributed by atoms with Crippen LogP contribution in [-0.2, 0) is 0 Å². The molecule has 0 fully saturated rings. The van der Waals surface area contributed by atoms with E-state index in [1.165, 1.54) is 21.2 Å². The van der Waals surface area contributed by atoms with Gasteiger partial charge in [0.15, 0.2) is 0 Å². The van der Waals surface area contributed by atoms with Gasteiger partial charge in [0, 0.05) is 10.0 Å². The molecule has 25 heavy (non-hydrogen) atoms. The summed E-state index contributed by atoms with van der Waals surface area (Å²) in [7, 11) is 4.24. The van der Waals surface area contributed by atoms with E-state index in [1.54, 1.807) is 0 Å². The first-order chi connectivity index (χ1) is 12.1. The number of fused-ring (bicyclic) bond motifs is 1. The minimum Gasteiger partial charge on any atom is -0.346 e. The van der Waals surface area contributed by atoms with Gasteiger partial charge in [0.25, 0.3) is 5.91 Å². The zero-order valence-electron chi connectivity index (χ0n) is 14.4. The van der Waals surface area contributed by atoms with Gasteiger partial charge in [0.1, 0.15) is 6.04 Å². The summed E-state index contributed by atoms with van der Waals surface area (Å²) in [5, 5.41) is 5.56. The van der Waals surface area contributed by atoms with E-state index >= 15 is 0 Å². The lowest BCUT2D eigenvalue weighted by Crippen LogP contribution is -3.07. The molecule has 0 saturated carbocycles. The first-order valence-corrected chi connectivity index (χ1v) is 9.17. The van der Waals surface area contributed by atoms with Crippen LogP contribution in [0.4, 0.5) is 0 Å². The zero-order valence-corrected chi connectivity index (χ0v) is 16.0. The molecule has 0 heterocycles. The van der Waals surface area contributed by atoms with E-state index in [-0.39, 0.29) is 11.9 Å². The van der Waals surface area contributed by atoms with Crippen LogP contribution in [0.1, 0.15) is 22.0 Å². The molecule has 0 radical (unpaired) electrons. The minimum atomic E-state index is -0.0565. The lowest BCUT2D eigenvalue weighted by Gasteiger charge is -2.23. The van der Waals surface area contributed by atoms with E-state index in [1.807, 2.05) is 24.3 Å². The summed E-state index contributed by atoms with van der Waals surface area (Å²) in [5.74, 6) is -0.0565. The van der Waals surface area contributed by atoms with Gasteiger partial charge < -0.3 is 10.2 Å². The van der Waals surface area contributed by atoms with Crippen LogP contribution < -0.4 is 10.2 Å². The van der Waals surface area contributed by atoms with Crippen LogP contribution in [0.2, 0.25) is 0 Å². The molecule has 1 atom stereocenters. The first-order valence-electron chi connectivity index (χ1n) is 8.38. The average molecular weight is 398 g/mol. The molecule has 0 bridgehead atoms. The second-order valence-electron chi connectivity index (χ2n) is 6.39. The van der Waals surface area contributed by atoms with Crippen molar-refractivity contribution in [3.8, 4) is 0 Å². The maximum Gasteiger partial charge on any atom is 0.252 e. The standard InChI is InChI=1S/C21H21BrN2O/c1-24(2)20(14-23-21(25)18-11-5-6-13-19(18)22)17-12-7-9-15-8-3-4-10-16(15)17/h3-13,20H,14H2,1-2H3,(H,23,25)/p+1/t20-/m1/s1. The summed E-state index contributed by atoms with van der Waals surface area (Å²) in [6, 6.07) is 22.4. The van der Waals surface area contributed by atoms with Crippen LogP contribution in [0, 0.1) is 0 Å². The molecule has 0 spiro atoms. The Hall–Kier alpha value is -2.17. The molecule has 3 nitrogen and oxygen atoms in total. The van der Waals surface area contributed by atoms with Gasteiger partial charge in [-0.3, -0.25) is 4.79 Å². The highest BCUT2D eigenvalue weighted by Gasteiger charge is 2.21.